The average Bonchev–Trinajstić information content (AvgIpc) is 3.08. The molecule has 8 heteroatoms. The highest BCUT2D eigenvalue weighted by Gasteiger charge is 2.25. The van der Waals surface area contributed by atoms with Crippen molar-refractivity contribution in [3.8, 4) is 11.8 Å². The summed E-state index contributed by atoms with van der Waals surface area (Å²) in [7, 11) is 0. The van der Waals surface area contributed by atoms with Gasteiger partial charge in [-0.2, -0.15) is 5.26 Å². The zero-order chi connectivity index (χ0) is 21.8. The predicted molar refractivity (Wildman–Crippen MR) is 119 cm³/mol. The number of benzene rings is 2. The molecule has 1 aliphatic rings. The van der Waals surface area contributed by atoms with Gasteiger partial charge in [-0.25, -0.2) is 9.37 Å². The lowest BCUT2D eigenvalue weighted by Crippen LogP contribution is -2.36. The number of carbonyl (C=O) groups excluding carboxylic acids is 1. The molecule has 0 radical (unpaired) electrons. The molecule has 0 bridgehead atoms. The Balaban J connectivity index is 1.54. The van der Waals surface area contributed by atoms with Crippen molar-refractivity contribution in [1.82, 2.24) is 14.5 Å². The maximum Gasteiger partial charge on any atom is 0.272 e. The second-order valence-corrected chi connectivity index (χ2v) is 8.01. The Kier molecular flexibility index (Phi) is 6.23. The molecule has 0 aliphatic carbocycles. The summed E-state index contributed by atoms with van der Waals surface area (Å²) < 4.78 is 15.2. The third-order valence-electron chi connectivity index (χ3n) is 5.36. The molecule has 1 amide bonds. The molecule has 1 aromatic heterocycles. The van der Waals surface area contributed by atoms with Crippen molar-refractivity contribution >= 4 is 23.4 Å². The molecule has 2 heterocycles. The highest BCUT2D eigenvalue weighted by molar-refractivity contribution is 7.98. The second-order valence-electron chi connectivity index (χ2n) is 7.23. The van der Waals surface area contributed by atoms with Gasteiger partial charge in [0, 0.05) is 37.6 Å². The van der Waals surface area contributed by atoms with E-state index in [1.54, 1.807) is 22.9 Å². The van der Waals surface area contributed by atoms with E-state index in [0.717, 1.165) is 18.7 Å². The predicted octanol–water partition coefficient (Wildman–Crippen LogP) is 3.96. The van der Waals surface area contributed by atoms with Crippen LogP contribution < -0.4 is 4.90 Å². The molecule has 0 spiro atoms. The van der Waals surface area contributed by atoms with E-state index < -0.39 is 0 Å². The van der Waals surface area contributed by atoms with E-state index in [1.807, 2.05) is 35.4 Å². The van der Waals surface area contributed by atoms with Crippen LogP contribution >= 0.6 is 11.8 Å². The number of amides is 1. The molecule has 3 aromatic rings. The molecule has 1 fully saturated rings. The summed E-state index contributed by atoms with van der Waals surface area (Å²) in [5.41, 5.74) is 2.87. The topological polar surface area (TPSA) is 65.2 Å². The van der Waals surface area contributed by atoms with Crippen molar-refractivity contribution < 1.29 is 9.18 Å². The fourth-order valence-corrected chi connectivity index (χ4v) is 4.30. The Morgan fingerprint density at radius 1 is 1.03 bits per heavy atom. The van der Waals surface area contributed by atoms with Gasteiger partial charge in [0.2, 0.25) is 0 Å². The maximum atomic E-state index is 13.4. The van der Waals surface area contributed by atoms with Crippen LogP contribution in [-0.2, 0) is 0 Å². The Morgan fingerprint density at radius 3 is 2.42 bits per heavy atom. The van der Waals surface area contributed by atoms with E-state index in [4.69, 9.17) is 5.26 Å². The smallest absolute Gasteiger partial charge is 0.272 e. The van der Waals surface area contributed by atoms with Gasteiger partial charge in [-0.15, -0.1) is 0 Å². The minimum absolute atomic E-state index is 0.0844. The molecule has 0 unspecified atom stereocenters. The Hall–Kier alpha value is -3.31. The summed E-state index contributed by atoms with van der Waals surface area (Å²) in [6, 6.07) is 15.7. The first kappa shape index (κ1) is 20.9. The Bertz CT molecular complexity index is 1100. The fourth-order valence-electron chi connectivity index (χ4n) is 3.76. The number of hydrogen-bond donors (Lipinski definition) is 0. The number of imidazole rings is 1. The highest BCUT2D eigenvalue weighted by atomic mass is 32.2. The molecular weight excluding hydrogens is 413 g/mol. The van der Waals surface area contributed by atoms with E-state index in [0.29, 0.717) is 41.7 Å². The Labute approximate surface area is 184 Å². The third-order valence-corrected chi connectivity index (χ3v) is 6.01. The summed E-state index contributed by atoms with van der Waals surface area (Å²) >= 11 is 1.44. The largest absolute Gasteiger partial charge is 0.370 e. The fraction of sp³-hybridized carbons (Fsp3) is 0.261. The number of anilines is 1. The summed E-state index contributed by atoms with van der Waals surface area (Å²) in [6.45, 7) is 2.78. The zero-order valence-electron chi connectivity index (χ0n) is 17.2. The first-order chi connectivity index (χ1) is 15.1. The molecule has 0 N–H and O–H groups in total. The van der Waals surface area contributed by atoms with Gasteiger partial charge >= 0.3 is 0 Å². The number of nitriles is 1. The molecule has 1 aliphatic heterocycles. The number of thioether (sulfide) groups is 1. The quantitative estimate of drug-likeness (QED) is 0.581. The molecule has 1 saturated heterocycles. The van der Waals surface area contributed by atoms with Crippen LogP contribution in [0.5, 0.6) is 0 Å². The van der Waals surface area contributed by atoms with Crippen molar-refractivity contribution in [3.05, 3.63) is 71.8 Å². The molecule has 158 valence electrons. The summed E-state index contributed by atoms with van der Waals surface area (Å²) in [5, 5.41) is 9.68. The minimum atomic E-state index is -0.321. The number of hydrogen-bond acceptors (Lipinski definition) is 5. The van der Waals surface area contributed by atoms with E-state index in [-0.39, 0.29) is 11.7 Å². The van der Waals surface area contributed by atoms with Crippen molar-refractivity contribution in [2.75, 3.05) is 37.3 Å². The van der Waals surface area contributed by atoms with Gasteiger partial charge in [0.15, 0.2) is 5.16 Å². The lowest BCUT2D eigenvalue weighted by atomic mass is 10.2. The van der Waals surface area contributed by atoms with Crippen molar-refractivity contribution in [2.45, 2.75) is 11.6 Å². The SMILES string of the molecule is CSc1ncc(C(=O)N2CCCN(c3ccc(C#N)cc3)CC2)n1-c1ccc(F)cc1. The van der Waals surface area contributed by atoms with Crippen LogP contribution in [0.1, 0.15) is 22.5 Å². The summed E-state index contributed by atoms with van der Waals surface area (Å²) in [5.74, 6) is -0.406. The van der Waals surface area contributed by atoms with Crippen LogP contribution in [0.3, 0.4) is 0 Å². The van der Waals surface area contributed by atoms with Crippen LogP contribution in [0.25, 0.3) is 5.69 Å². The van der Waals surface area contributed by atoms with Crippen LogP contribution in [0.2, 0.25) is 0 Å². The van der Waals surface area contributed by atoms with Gasteiger partial charge in [-0.1, -0.05) is 11.8 Å². The van der Waals surface area contributed by atoms with Crippen molar-refractivity contribution in [2.24, 2.45) is 0 Å². The van der Waals surface area contributed by atoms with Crippen molar-refractivity contribution in [1.29, 1.82) is 5.26 Å². The van der Waals surface area contributed by atoms with Gasteiger partial charge < -0.3 is 9.80 Å². The standard InChI is InChI=1S/C23H22FN5OS/c1-31-23-26-16-21(29(23)20-9-5-18(24)6-10-20)22(30)28-12-2-11-27(13-14-28)19-7-3-17(15-25)4-8-19/h3-10,16H,2,11-14H2,1H3. The van der Waals surface area contributed by atoms with Crippen LogP contribution in [0, 0.1) is 17.1 Å². The minimum Gasteiger partial charge on any atom is -0.370 e. The first-order valence-electron chi connectivity index (χ1n) is 10.0. The second kappa shape index (κ2) is 9.23. The number of aromatic nitrogens is 2. The Morgan fingerprint density at radius 2 is 1.74 bits per heavy atom. The molecule has 6 nitrogen and oxygen atoms in total. The molecule has 2 aromatic carbocycles. The lowest BCUT2D eigenvalue weighted by molar-refractivity contribution is 0.0758. The van der Waals surface area contributed by atoms with E-state index in [1.165, 1.54) is 23.9 Å². The average molecular weight is 436 g/mol. The number of nitrogens with zero attached hydrogens (tertiary/aromatic N) is 5. The van der Waals surface area contributed by atoms with E-state index >= 15 is 0 Å². The molecular formula is C23H22FN5OS. The normalized spacial score (nSPS) is 14.2. The molecule has 0 atom stereocenters. The lowest BCUT2D eigenvalue weighted by Gasteiger charge is -2.24. The van der Waals surface area contributed by atoms with Crippen LogP contribution in [0.15, 0.2) is 59.9 Å². The third kappa shape index (κ3) is 4.42. The maximum absolute atomic E-state index is 13.4. The van der Waals surface area contributed by atoms with Crippen molar-refractivity contribution in [3.63, 3.8) is 0 Å². The monoisotopic (exact) mass is 435 g/mol. The van der Waals surface area contributed by atoms with Gasteiger partial charge in [0.25, 0.3) is 5.91 Å². The van der Waals surface area contributed by atoms with Gasteiger partial charge in [0.1, 0.15) is 11.5 Å². The first-order valence-corrected chi connectivity index (χ1v) is 11.2. The number of carbonyl (C=O) groups is 1. The van der Waals surface area contributed by atoms with Gasteiger partial charge in [-0.3, -0.25) is 9.36 Å². The highest BCUT2D eigenvalue weighted by Crippen LogP contribution is 2.24. The van der Waals surface area contributed by atoms with Gasteiger partial charge in [-0.05, 0) is 61.2 Å². The zero-order valence-corrected chi connectivity index (χ0v) is 18.0. The van der Waals surface area contributed by atoms with E-state index in [9.17, 15) is 9.18 Å². The molecule has 0 saturated carbocycles. The van der Waals surface area contributed by atoms with E-state index in [2.05, 4.69) is 16.0 Å². The van der Waals surface area contributed by atoms with Gasteiger partial charge in [0.05, 0.1) is 17.8 Å². The molecule has 4 rings (SSSR count). The van der Waals surface area contributed by atoms with Crippen LogP contribution in [0.4, 0.5) is 10.1 Å². The number of halogens is 1. The van der Waals surface area contributed by atoms with Crippen LogP contribution in [-0.4, -0.2) is 52.8 Å². The summed E-state index contributed by atoms with van der Waals surface area (Å²) in [6.07, 6.45) is 4.34. The number of rotatable bonds is 4. The summed E-state index contributed by atoms with van der Waals surface area (Å²) in [4.78, 5) is 21.9. The molecule has 31 heavy (non-hydrogen) atoms.